The fourth-order valence-corrected chi connectivity index (χ4v) is 4.15. The highest BCUT2D eigenvalue weighted by molar-refractivity contribution is 5.68. The zero-order valence-corrected chi connectivity index (χ0v) is 20.0. The van der Waals surface area contributed by atoms with Gasteiger partial charge in [0.05, 0.1) is 25.8 Å². The molecule has 1 aliphatic rings. The van der Waals surface area contributed by atoms with E-state index in [4.69, 9.17) is 19.3 Å². The molecule has 1 aromatic heterocycles. The van der Waals surface area contributed by atoms with Gasteiger partial charge in [-0.15, -0.1) is 0 Å². The fraction of sp³-hybridized carbons (Fsp3) is 0.370. The van der Waals surface area contributed by atoms with Crippen molar-refractivity contribution in [3.8, 4) is 28.6 Å². The van der Waals surface area contributed by atoms with Gasteiger partial charge in [-0.3, -0.25) is 4.79 Å². The van der Waals surface area contributed by atoms with Crippen LogP contribution in [0.15, 0.2) is 48.7 Å². The Hall–Kier alpha value is -3.72. The van der Waals surface area contributed by atoms with E-state index in [0.717, 1.165) is 32.1 Å². The van der Waals surface area contributed by atoms with Crippen molar-refractivity contribution in [1.82, 2.24) is 9.97 Å². The van der Waals surface area contributed by atoms with Gasteiger partial charge in [0.2, 0.25) is 5.88 Å². The Morgan fingerprint density at radius 3 is 2.69 bits per heavy atom. The molecule has 0 radical (unpaired) electrons. The molecule has 1 fully saturated rings. The molecule has 0 unspecified atom stereocenters. The number of aliphatic hydroxyl groups is 1. The molecule has 0 amide bonds. The zero-order chi connectivity index (χ0) is 25.5. The minimum atomic E-state index is -1.14. The molecule has 3 aromatic rings. The van der Waals surface area contributed by atoms with E-state index in [9.17, 15) is 14.3 Å². The van der Waals surface area contributed by atoms with Gasteiger partial charge in [0.25, 0.3) is 0 Å². The third-order valence-electron chi connectivity index (χ3n) is 6.05. The normalized spacial score (nSPS) is 14.8. The number of carboxylic acid groups (broad SMARTS) is 1. The molecular formula is C27H29FN2O6. The molecule has 8 nitrogen and oxygen atoms in total. The van der Waals surface area contributed by atoms with Crippen LogP contribution in [0.3, 0.4) is 0 Å². The van der Waals surface area contributed by atoms with Crippen molar-refractivity contribution in [1.29, 1.82) is 0 Å². The molecular weight excluding hydrogens is 467 g/mol. The number of aromatic nitrogens is 2. The van der Waals surface area contributed by atoms with Crippen LogP contribution in [-0.4, -0.2) is 39.4 Å². The molecule has 9 heteroatoms. The van der Waals surface area contributed by atoms with Crippen molar-refractivity contribution in [2.75, 3.05) is 7.11 Å². The van der Waals surface area contributed by atoms with E-state index in [1.54, 1.807) is 30.3 Å². The first kappa shape index (κ1) is 25.4. The van der Waals surface area contributed by atoms with Crippen LogP contribution in [-0.2, 0) is 11.4 Å². The second-order valence-corrected chi connectivity index (χ2v) is 8.71. The number of carbonyl (C=O) groups is 1. The number of methoxy groups -OCH3 is 1. The van der Waals surface area contributed by atoms with Gasteiger partial charge in [-0.1, -0.05) is 18.6 Å². The maximum Gasteiger partial charge on any atom is 0.306 e. The molecule has 1 heterocycles. The first-order chi connectivity index (χ1) is 17.4. The number of hydrogen-bond acceptors (Lipinski definition) is 7. The van der Waals surface area contributed by atoms with E-state index in [-0.39, 0.29) is 24.2 Å². The Bertz CT molecular complexity index is 1200. The average molecular weight is 497 g/mol. The summed E-state index contributed by atoms with van der Waals surface area (Å²) < 4.78 is 32.0. The van der Waals surface area contributed by atoms with Crippen LogP contribution in [0.25, 0.3) is 11.3 Å². The van der Waals surface area contributed by atoms with Gasteiger partial charge in [-0.25, -0.2) is 14.4 Å². The number of carboxylic acids is 1. The minimum Gasteiger partial charge on any atom is -0.497 e. The number of benzene rings is 2. The lowest BCUT2D eigenvalue weighted by molar-refractivity contribution is -0.139. The monoisotopic (exact) mass is 496 g/mol. The van der Waals surface area contributed by atoms with Gasteiger partial charge in [0.1, 0.15) is 41.4 Å². The van der Waals surface area contributed by atoms with Gasteiger partial charge in [0.15, 0.2) is 0 Å². The fourth-order valence-electron chi connectivity index (χ4n) is 4.15. The molecule has 190 valence electrons. The summed E-state index contributed by atoms with van der Waals surface area (Å²) >= 11 is 0. The third-order valence-corrected chi connectivity index (χ3v) is 6.05. The number of nitrogens with zero attached hydrogens (tertiary/aromatic N) is 2. The lowest BCUT2D eigenvalue weighted by Crippen LogP contribution is -2.21. The van der Waals surface area contributed by atoms with Crippen molar-refractivity contribution < 1.29 is 33.6 Å². The molecule has 1 saturated carbocycles. The first-order valence-electron chi connectivity index (χ1n) is 11.9. The van der Waals surface area contributed by atoms with Crippen molar-refractivity contribution >= 4 is 5.97 Å². The van der Waals surface area contributed by atoms with Crippen molar-refractivity contribution in [3.05, 3.63) is 65.7 Å². The number of aliphatic carboxylic acids is 1. The van der Waals surface area contributed by atoms with Crippen LogP contribution in [0.4, 0.5) is 4.39 Å². The SMILES string of the molecule is COc1ccc(F)c(-c2ncc(COc3cccc([C@H](O)CC(=O)O)c3)nc2OC2CCCCC2)c1. The van der Waals surface area contributed by atoms with E-state index in [1.807, 2.05) is 0 Å². The van der Waals surface area contributed by atoms with Crippen molar-refractivity contribution in [2.24, 2.45) is 0 Å². The Labute approximate surface area is 208 Å². The molecule has 0 saturated heterocycles. The molecule has 0 spiro atoms. The summed E-state index contributed by atoms with van der Waals surface area (Å²) in [6, 6.07) is 11.0. The largest absolute Gasteiger partial charge is 0.497 e. The molecule has 0 aliphatic heterocycles. The van der Waals surface area contributed by atoms with Gasteiger partial charge >= 0.3 is 5.97 Å². The highest BCUT2D eigenvalue weighted by Crippen LogP contribution is 2.34. The second kappa shape index (κ2) is 11.8. The number of hydrogen-bond donors (Lipinski definition) is 2. The predicted molar refractivity (Wildman–Crippen MR) is 129 cm³/mol. The Kier molecular flexibility index (Phi) is 8.32. The summed E-state index contributed by atoms with van der Waals surface area (Å²) in [5, 5.41) is 19.0. The second-order valence-electron chi connectivity index (χ2n) is 8.71. The summed E-state index contributed by atoms with van der Waals surface area (Å²) in [6.45, 7) is 0.0490. The van der Waals surface area contributed by atoms with E-state index in [0.29, 0.717) is 28.5 Å². The number of aliphatic hydroxyl groups excluding tert-OH is 1. The van der Waals surface area contributed by atoms with Crippen LogP contribution in [0.1, 0.15) is 55.9 Å². The van der Waals surface area contributed by atoms with Gasteiger partial charge < -0.3 is 24.4 Å². The third kappa shape index (κ3) is 6.48. The smallest absolute Gasteiger partial charge is 0.306 e. The molecule has 2 aromatic carbocycles. The van der Waals surface area contributed by atoms with E-state index < -0.39 is 24.3 Å². The Morgan fingerprint density at radius 2 is 1.94 bits per heavy atom. The minimum absolute atomic E-state index is 0.0240. The van der Waals surface area contributed by atoms with Crippen LogP contribution in [0.5, 0.6) is 17.4 Å². The summed E-state index contributed by atoms with van der Waals surface area (Å²) in [7, 11) is 1.51. The van der Waals surface area contributed by atoms with E-state index in [1.165, 1.54) is 25.4 Å². The highest BCUT2D eigenvalue weighted by Gasteiger charge is 2.22. The molecule has 1 aliphatic carbocycles. The Morgan fingerprint density at radius 1 is 1.14 bits per heavy atom. The van der Waals surface area contributed by atoms with Crippen LogP contribution in [0, 0.1) is 5.82 Å². The molecule has 2 N–H and O–H groups in total. The number of ether oxygens (including phenoxy) is 3. The summed E-state index contributed by atoms with van der Waals surface area (Å²) in [6.07, 6.45) is 5.02. The van der Waals surface area contributed by atoms with Gasteiger partial charge in [-0.05, 0) is 61.6 Å². The maximum absolute atomic E-state index is 14.7. The summed E-state index contributed by atoms with van der Waals surface area (Å²) in [5.41, 5.74) is 1.44. The average Bonchev–Trinajstić information content (AvgIpc) is 2.88. The summed E-state index contributed by atoms with van der Waals surface area (Å²) in [5.74, 6) is -0.382. The van der Waals surface area contributed by atoms with Crippen LogP contribution >= 0.6 is 0 Å². The van der Waals surface area contributed by atoms with E-state index in [2.05, 4.69) is 9.97 Å². The van der Waals surface area contributed by atoms with Crippen LogP contribution in [0.2, 0.25) is 0 Å². The summed E-state index contributed by atoms with van der Waals surface area (Å²) in [4.78, 5) is 20.0. The van der Waals surface area contributed by atoms with Crippen molar-refractivity contribution in [3.63, 3.8) is 0 Å². The van der Waals surface area contributed by atoms with Crippen LogP contribution < -0.4 is 14.2 Å². The predicted octanol–water partition coefficient (Wildman–Crippen LogP) is 5.09. The van der Waals surface area contributed by atoms with Gasteiger partial charge in [0, 0.05) is 5.56 Å². The molecule has 1 atom stereocenters. The number of halogens is 1. The Balaban J connectivity index is 1.57. The quantitative estimate of drug-likeness (QED) is 0.399. The molecule has 36 heavy (non-hydrogen) atoms. The topological polar surface area (TPSA) is 111 Å². The molecule has 0 bridgehead atoms. The molecule has 4 rings (SSSR count). The lowest BCUT2D eigenvalue weighted by atomic mass is 9.98. The van der Waals surface area contributed by atoms with Gasteiger partial charge in [-0.2, -0.15) is 0 Å². The lowest BCUT2D eigenvalue weighted by Gasteiger charge is -2.23. The van der Waals surface area contributed by atoms with E-state index >= 15 is 0 Å². The number of rotatable bonds is 10. The zero-order valence-electron chi connectivity index (χ0n) is 20.0. The standard InChI is InChI=1S/C27H29FN2O6/c1-34-20-10-11-23(28)22(13-20)26-27(36-19-7-3-2-4-8-19)30-18(15-29-26)16-35-21-9-5-6-17(12-21)24(31)14-25(32)33/h5-6,9-13,15,19,24,31H,2-4,7-8,14,16H2,1H3,(H,32,33)/t24-/m1/s1. The van der Waals surface area contributed by atoms with Crippen molar-refractivity contribution in [2.45, 2.75) is 57.3 Å². The maximum atomic E-state index is 14.7. The first-order valence-corrected chi connectivity index (χ1v) is 11.9. The highest BCUT2D eigenvalue weighted by atomic mass is 19.1.